The zero-order valence-electron chi connectivity index (χ0n) is 20.1. The lowest BCUT2D eigenvalue weighted by Crippen LogP contribution is -2.25. The number of nitrogens with two attached hydrogens (primary N) is 2. The minimum atomic E-state index is -0.578. The zero-order valence-corrected chi connectivity index (χ0v) is 20.1. The molecule has 11 heteroatoms. The summed E-state index contributed by atoms with van der Waals surface area (Å²) in [4.78, 5) is 49.6. The Morgan fingerprint density at radius 1 is 1.00 bits per heavy atom. The molecule has 0 saturated heterocycles. The van der Waals surface area contributed by atoms with Crippen LogP contribution in [-0.4, -0.2) is 63.5 Å². The lowest BCUT2D eigenvalue weighted by Gasteiger charge is -2.16. The van der Waals surface area contributed by atoms with E-state index < -0.39 is 11.6 Å². The summed E-state index contributed by atoms with van der Waals surface area (Å²) in [6.45, 7) is 0.635. The molecule has 184 valence electrons. The molecule has 0 aliphatic rings. The van der Waals surface area contributed by atoms with Gasteiger partial charge in [-0.3, -0.25) is 14.2 Å². The highest BCUT2D eigenvalue weighted by Crippen LogP contribution is 2.25. The van der Waals surface area contributed by atoms with Gasteiger partial charge in [0.25, 0.3) is 0 Å². The van der Waals surface area contributed by atoms with E-state index in [-0.39, 0.29) is 11.7 Å². The Balaban J connectivity index is 1.82. The molecule has 0 unspecified atom stereocenters. The minimum absolute atomic E-state index is 0.115. The van der Waals surface area contributed by atoms with E-state index in [9.17, 15) is 14.4 Å². The molecule has 0 aliphatic carbocycles. The molecular weight excluding hydrogens is 460 g/mol. The monoisotopic (exact) mass is 486 g/mol. The molecule has 4 rings (SSSR count). The molecule has 36 heavy (non-hydrogen) atoms. The number of fused-ring (bicyclic) bond motifs is 1. The smallest absolute Gasteiger partial charge is 0.339 e. The third kappa shape index (κ3) is 4.59. The van der Waals surface area contributed by atoms with Crippen molar-refractivity contribution in [2.75, 3.05) is 38.3 Å². The van der Waals surface area contributed by atoms with Crippen LogP contribution in [0.2, 0.25) is 0 Å². The number of amides is 2. The predicted molar refractivity (Wildman–Crippen MR) is 138 cm³/mol. The van der Waals surface area contributed by atoms with Crippen LogP contribution in [0, 0.1) is 0 Å². The molecule has 0 radical (unpaired) electrons. The number of benzene rings is 2. The molecule has 4 N–H and O–H groups in total. The number of imidazole rings is 1. The van der Waals surface area contributed by atoms with Crippen LogP contribution in [-0.2, 0) is 4.79 Å². The van der Waals surface area contributed by atoms with Gasteiger partial charge in [0.2, 0.25) is 11.8 Å². The Bertz CT molecular complexity index is 1530. The molecule has 0 fully saturated rings. The van der Waals surface area contributed by atoms with Gasteiger partial charge in [-0.05, 0) is 56.6 Å². The van der Waals surface area contributed by atoms with Crippen molar-refractivity contribution in [3.8, 4) is 11.4 Å². The molecule has 2 aromatic heterocycles. The Morgan fingerprint density at radius 3 is 2.39 bits per heavy atom. The average Bonchev–Trinajstić information content (AvgIpc) is 3.16. The third-order valence-corrected chi connectivity index (χ3v) is 5.60. The molecule has 11 nitrogen and oxygen atoms in total. The van der Waals surface area contributed by atoms with Crippen molar-refractivity contribution >= 4 is 34.5 Å². The molecule has 2 heterocycles. The van der Waals surface area contributed by atoms with Gasteiger partial charge in [0.05, 0.1) is 11.4 Å². The fourth-order valence-corrected chi connectivity index (χ4v) is 3.74. The zero-order chi connectivity index (χ0) is 26.0. The maximum Gasteiger partial charge on any atom is 0.339 e. The largest absolute Gasteiger partial charge is 0.382 e. The molecule has 0 aliphatic heterocycles. The first-order valence-corrected chi connectivity index (χ1v) is 11.0. The highest BCUT2D eigenvalue weighted by molar-refractivity contribution is 6.01. The summed E-state index contributed by atoms with van der Waals surface area (Å²) < 4.78 is 2.78. The van der Waals surface area contributed by atoms with Crippen LogP contribution in [0.5, 0.6) is 0 Å². The summed E-state index contributed by atoms with van der Waals surface area (Å²) in [6, 6.07) is 13.2. The van der Waals surface area contributed by atoms with Gasteiger partial charge in [-0.15, -0.1) is 0 Å². The number of primary amides is 1. The van der Waals surface area contributed by atoms with Crippen LogP contribution < -0.4 is 22.1 Å². The van der Waals surface area contributed by atoms with Gasteiger partial charge in [0.1, 0.15) is 11.8 Å². The van der Waals surface area contributed by atoms with E-state index >= 15 is 0 Å². The molecule has 2 aromatic carbocycles. The quantitative estimate of drug-likeness (QED) is 0.375. The maximum absolute atomic E-state index is 13.7. The van der Waals surface area contributed by atoms with Crippen LogP contribution >= 0.6 is 0 Å². The van der Waals surface area contributed by atoms with Crippen LogP contribution in [0.15, 0.2) is 71.8 Å². The van der Waals surface area contributed by atoms with Crippen LogP contribution in [0.4, 0.5) is 11.5 Å². The van der Waals surface area contributed by atoms with Gasteiger partial charge in [0, 0.05) is 30.9 Å². The number of carbonyl (C=O) groups is 2. The molecule has 2 amide bonds. The van der Waals surface area contributed by atoms with E-state index in [0.29, 0.717) is 40.3 Å². The number of carbonyl (C=O) groups excluding carboxylic acids is 2. The van der Waals surface area contributed by atoms with Crippen molar-refractivity contribution in [2.45, 2.75) is 0 Å². The molecule has 0 saturated carbocycles. The topological polar surface area (TPSA) is 145 Å². The van der Waals surface area contributed by atoms with Gasteiger partial charge in [0.15, 0.2) is 11.5 Å². The third-order valence-electron chi connectivity index (χ3n) is 5.60. The summed E-state index contributed by atoms with van der Waals surface area (Å²) in [5.74, 6) is -0.666. The second-order valence-corrected chi connectivity index (χ2v) is 8.38. The van der Waals surface area contributed by atoms with Crippen molar-refractivity contribution in [3.63, 3.8) is 0 Å². The second kappa shape index (κ2) is 9.84. The summed E-state index contributed by atoms with van der Waals surface area (Å²) >= 11 is 0. The van der Waals surface area contributed by atoms with Crippen LogP contribution in [0.25, 0.3) is 22.5 Å². The number of anilines is 2. The highest BCUT2D eigenvalue weighted by atomic mass is 16.2. The molecule has 0 bridgehead atoms. The number of hydrogen-bond donors (Lipinski definition) is 2. The van der Waals surface area contributed by atoms with Crippen molar-refractivity contribution < 1.29 is 9.59 Å². The molecule has 0 atom stereocenters. The van der Waals surface area contributed by atoms with E-state index in [1.54, 1.807) is 49.5 Å². The molecule has 0 spiro atoms. The number of nitrogen functional groups attached to an aromatic ring is 1. The first-order valence-electron chi connectivity index (χ1n) is 11.0. The standard InChI is InChI=1S/C25H26N8O3/c1-30(2)13-5-8-20(34)31(3)18-6-4-7-19(14-18)33-24-21(22(26)28-15-29-24)32(25(33)36)17-11-9-16(10-12-17)23(27)35/h4-12,14-15H,13H2,1-3H3,(H2,27,35)(H2,26,28,29)/b8-5+. The number of hydrogen-bond acceptors (Lipinski definition) is 7. The Labute approximate surface area is 206 Å². The number of nitrogens with zero attached hydrogens (tertiary/aromatic N) is 6. The van der Waals surface area contributed by atoms with E-state index in [2.05, 4.69) is 9.97 Å². The number of likely N-dealkylation sites (N-methyl/N-ethyl adjacent to an activating group) is 2. The molecular formula is C25H26N8O3. The van der Waals surface area contributed by atoms with Gasteiger partial charge in [-0.1, -0.05) is 12.1 Å². The second-order valence-electron chi connectivity index (χ2n) is 8.38. The van der Waals surface area contributed by atoms with Crippen molar-refractivity contribution in [1.29, 1.82) is 0 Å². The number of aromatic nitrogens is 4. The van der Waals surface area contributed by atoms with Crippen molar-refractivity contribution in [3.05, 3.63) is 83.1 Å². The summed E-state index contributed by atoms with van der Waals surface area (Å²) in [6.07, 6.45) is 4.57. The fraction of sp³-hybridized carbons (Fsp3) is 0.160. The summed E-state index contributed by atoms with van der Waals surface area (Å²) in [5.41, 5.74) is 13.5. The predicted octanol–water partition coefficient (Wildman–Crippen LogP) is 1.33. The van der Waals surface area contributed by atoms with Gasteiger partial charge in [-0.25, -0.2) is 19.3 Å². The lowest BCUT2D eigenvalue weighted by atomic mass is 10.2. The highest BCUT2D eigenvalue weighted by Gasteiger charge is 2.21. The van der Waals surface area contributed by atoms with Gasteiger partial charge < -0.3 is 21.3 Å². The fourth-order valence-electron chi connectivity index (χ4n) is 3.74. The maximum atomic E-state index is 13.7. The van der Waals surface area contributed by atoms with Crippen LogP contribution in [0.3, 0.4) is 0 Å². The first kappa shape index (κ1) is 24.4. The van der Waals surface area contributed by atoms with Gasteiger partial charge in [-0.2, -0.15) is 0 Å². The Morgan fingerprint density at radius 2 is 1.72 bits per heavy atom. The Hall–Kier alpha value is -4.77. The summed E-state index contributed by atoms with van der Waals surface area (Å²) in [7, 11) is 5.49. The first-order chi connectivity index (χ1) is 17.2. The Kier molecular flexibility index (Phi) is 6.66. The number of rotatable bonds is 7. The molecule has 4 aromatic rings. The average molecular weight is 487 g/mol. The summed E-state index contributed by atoms with van der Waals surface area (Å²) in [5, 5.41) is 0. The van der Waals surface area contributed by atoms with Crippen molar-refractivity contribution in [1.82, 2.24) is 24.0 Å². The van der Waals surface area contributed by atoms with Gasteiger partial charge >= 0.3 is 5.69 Å². The van der Waals surface area contributed by atoms with E-state index in [4.69, 9.17) is 11.5 Å². The lowest BCUT2D eigenvalue weighted by molar-refractivity contribution is -0.113. The normalized spacial score (nSPS) is 11.4. The van der Waals surface area contributed by atoms with E-state index in [1.807, 2.05) is 19.0 Å². The van der Waals surface area contributed by atoms with Crippen LogP contribution in [0.1, 0.15) is 10.4 Å². The van der Waals surface area contributed by atoms with Crippen molar-refractivity contribution in [2.24, 2.45) is 5.73 Å². The van der Waals surface area contributed by atoms with E-state index in [1.165, 1.54) is 38.6 Å². The SMILES string of the molecule is CN(C)C/C=C/C(=O)N(C)c1cccc(-n2c(=O)n(-c3ccc(C(N)=O)cc3)c3c(N)ncnc32)c1. The minimum Gasteiger partial charge on any atom is -0.382 e. The van der Waals surface area contributed by atoms with E-state index in [0.717, 1.165) is 0 Å².